The zero-order chi connectivity index (χ0) is 15.7. The number of nitrogens with zero attached hydrogens (tertiary/aromatic N) is 1. The van der Waals surface area contributed by atoms with Crippen molar-refractivity contribution in [3.05, 3.63) is 0 Å². The first kappa shape index (κ1) is 18.6. The van der Waals surface area contributed by atoms with Gasteiger partial charge < -0.3 is 10.1 Å². The Balaban J connectivity index is 4.51. The molecule has 0 heterocycles. The normalized spacial score (nSPS) is 12.3. The number of carbonyl (C=O) groups excluding carboxylic acids is 3. The average molecular weight is 286 g/mol. The third kappa shape index (κ3) is 7.23. The second-order valence-electron chi connectivity index (χ2n) is 5.19. The van der Waals surface area contributed by atoms with Gasteiger partial charge in [0.25, 0.3) is 0 Å². The number of amides is 1. The smallest absolute Gasteiger partial charge is 0.319 e. The van der Waals surface area contributed by atoms with E-state index in [0.29, 0.717) is 6.54 Å². The summed E-state index contributed by atoms with van der Waals surface area (Å²) in [5.41, 5.74) is 0. The Morgan fingerprint density at radius 1 is 1.20 bits per heavy atom. The molecule has 1 N–H and O–H groups in total. The van der Waals surface area contributed by atoms with E-state index in [1.54, 1.807) is 4.90 Å². The molecular weight excluding hydrogens is 260 g/mol. The van der Waals surface area contributed by atoms with Gasteiger partial charge in [-0.15, -0.1) is 0 Å². The maximum atomic E-state index is 12.0. The van der Waals surface area contributed by atoms with E-state index < -0.39 is 6.04 Å². The standard InChI is InChI=1S/C14H26N2O4/c1-6-7-16(9-13(19)20-5)8-12(18)15-14(10(2)3)11(4)17/h10,14H,6-9H2,1-5H3,(H,15,18). The van der Waals surface area contributed by atoms with Crippen LogP contribution in [0.5, 0.6) is 0 Å². The first-order valence-corrected chi connectivity index (χ1v) is 6.90. The summed E-state index contributed by atoms with van der Waals surface area (Å²) in [6, 6.07) is -0.482. The van der Waals surface area contributed by atoms with Gasteiger partial charge in [0.2, 0.25) is 5.91 Å². The van der Waals surface area contributed by atoms with E-state index in [1.807, 2.05) is 20.8 Å². The lowest BCUT2D eigenvalue weighted by Gasteiger charge is -2.23. The van der Waals surface area contributed by atoms with Crippen LogP contribution in [0.15, 0.2) is 0 Å². The zero-order valence-electron chi connectivity index (χ0n) is 13.1. The summed E-state index contributed by atoms with van der Waals surface area (Å²) < 4.78 is 4.60. The fourth-order valence-electron chi connectivity index (χ4n) is 1.94. The van der Waals surface area contributed by atoms with E-state index in [0.717, 1.165) is 6.42 Å². The monoisotopic (exact) mass is 286 g/mol. The minimum Gasteiger partial charge on any atom is -0.468 e. The quantitative estimate of drug-likeness (QED) is 0.628. The fraction of sp³-hybridized carbons (Fsp3) is 0.786. The lowest BCUT2D eigenvalue weighted by Crippen LogP contribution is -2.48. The molecule has 0 aliphatic heterocycles. The number of esters is 1. The van der Waals surface area contributed by atoms with Crippen molar-refractivity contribution in [3.63, 3.8) is 0 Å². The predicted octanol–water partition coefficient (Wildman–Crippen LogP) is 0.601. The molecule has 0 aliphatic rings. The van der Waals surface area contributed by atoms with Gasteiger partial charge in [-0.25, -0.2) is 0 Å². The van der Waals surface area contributed by atoms with Gasteiger partial charge in [0, 0.05) is 0 Å². The molecule has 0 radical (unpaired) electrons. The van der Waals surface area contributed by atoms with Crippen LogP contribution in [0.4, 0.5) is 0 Å². The molecule has 0 aromatic heterocycles. The van der Waals surface area contributed by atoms with E-state index in [1.165, 1.54) is 14.0 Å². The Morgan fingerprint density at radius 3 is 2.20 bits per heavy atom. The minimum atomic E-state index is -0.482. The second-order valence-corrected chi connectivity index (χ2v) is 5.19. The van der Waals surface area contributed by atoms with Gasteiger partial charge in [-0.2, -0.15) is 0 Å². The van der Waals surface area contributed by atoms with E-state index in [-0.39, 0.29) is 36.7 Å². The van der Waals surface area contributed by atoms with Crippen molar-refractivity contribution >= 4 is 17.7 Å². The van der Waals surface area contributed by atoms with Crippen LogP contribution < -0.4 is 5.32 Å². The molecule has 0 fully saturated rings. The third-order valence-corrected chi connectivity index (χ3v) is 2.91. The van der Waals surface area contributed by atoms with Gasteiger partial charge in [0.05, 0.1) is 26.2 Å². The molecule has 0 spiro atoms. The fourth-order valence-corrected chi connectivity index (χ4v) is 1.94. The van der Waals surface area contributed by atoms with Gasteiger partial charge >= 0.3 is 5.97 Å². The van der Waals surface area contributed by atoms with Crippen molar-refractivity contribution in [2.24, 2.45) is 5.92 Å². The zero-order valence-corrected chi connectivity index (χ0v) is 13.1. The topological polar surface area (TPSA) is 75.7 Å². The predicted molar refractivity (Wildman–Crippen MR) is 76.2 cm³/mol. The van der Waals surface area contributed by atoms with E-state index in [9.17, 15) is 14.4 Å². The number of ether oxygens (including phenoxy) is 1. The van der Waals surface area contributed by atoms with Crippen LogP contribution >= 0.6 is 0 Å². The molecule has 1 atom stereocenters. The van der Waals surface area contributed by atoms with Crippen molar-refractivity contribution < 1.29 is 19.1 Å². The highest BCUT2D eigenvalue weighted by Gasteiger charge is 2.22. The Hall–Kier alpha value is -1.43. The summed E-state index contributed by atoms with van der Waals surface area (Å²) >= 11 is 0. The van der Waals surface area contributed by atoms with Crippen molar-refractivity contribution in [2.45, 2.75) is 40.2 Å². The highest BCUT2D eigenvalue weighted by atomic mass is 16.5. The summed E-state index contributed by atoms with van der Waals surface area (Å²) in [6.07, 6.45) is 0.824. The summed E-state index contributed by atoms with van der Waals surface area (Å²) in [7, 11) is 1.32. The van der Waals surface area contributed by atoms with E-state index in [2.05, 4.69) is 10.1 Å². The Labute approximate surface area is 120 Å². The Kier molecular flexibility index (Phi) is 8.79. The summed E-state index contributed by atoms with van der Waals surface area (Å²) in [4.78, 5) is 36.4. The number of hydrogen-bond donors (Lipinski definition) is 1. The number of hydrogen-bond acceptors (Lipinski definition) is 5. The van der Waals surface area contributed by atoms with Crippen LogP contribution in [0.3, 0.4) is 0 Å². The van der Waals surface area contributed by atoms with Gasteiger partial charge in [-0.1, -0.05) is 20.8 Å². The summed E-state index contributed by atoms with van der Waals surface area (Å²) in [5, 5.41) is 2.71. The van der Waals surface area contributed by atoms with Gasteiger partial charge in [0.15, 0.2) is 5.78 Å². The van der Waals surface area contributed by atoms with Gasteiger partial charge in [0.1, 0.15) is 0 Å². The first-order valence-electron chi connectivity index (χ1n) is 6.90. The Bertz CT molecular complexity index is 342. The molecule has 0 bridgehead atoms. The van der Waals surface area contributed by atoms with Crippen molar-refractivity contribution in [2.75, 3.05) is 26.7 Å². The average Bonchev–Trinajstić information content (AvgIpc) is 2.35. The molecule has 0 aliphatic carbocycles. The van der Waals surface area contributed by atoms with Crippen LogP contribution in [-0.2, 0) is 19.1 Å². The largest absolute Gasteiger partial charge is 0.468 e. The molecule has 20 heavy (non-hydrogen) atoms. The van der Waals surface area contributed by atoms with Crippen molar-refractivity contribution in [1.82, 2.24) is 10.2 Å². The molecule has 0 aromatic rings. The van der Waals surface area contributed by atoms with Gasteiger partial charge in [-0.05, 0) is 25.8 Å². The number of methoxy groups -OCH3 is 1. The molecule has 0 saturated carbocycles. The van der Waals surface area contributed by atoms with Crippen LogP contribution in [0.2, 0.25) is 0 Å². The van der Waals surface area contributed by atoms with Crippen LogP contribution in [0.1, 0.15) is 34.1 Å². The van der Waals surface area contributed by atoms with E-state index >= 15 is 0 Å². The number of rotatable bonds is 9. The molecular formula is C14H26N2O4. The maximum absolute atomic E-state index is 12.0. The number of carbonyl (C=O) groups is 3. The molecule has 6 nitrogen and oxygen atoms in total. The van der Waals surface area contributed by atoms with Gasteiger partial charge in [-0.3, -0.25) is 19.3 Å². The summed E-state index contributed by atoms with van der Waals surface area (Å²) in [6.45, 7) is 7.96. The highest BCUT2D eigenvalue weighted by molar-refractivity contribution is 5.88. The Morgan fingerprint density at radius 2 is 1.80 bits per heavy atom. The van der Waals surface area contributed by atoms with E-state index in [4.69, 9.17) is 0 Å². The summed E-state index contributed by atoms with van der Waals surface area (Å²) in [5.74, 6) is -0.658. The molecule has 0 saturated heterocycles. The molecule has 0 rings (SSSR count). The van der Waals surface area contributed by atoms with Crippen LogP contribution in [0, 0.1) is 5.92 Å². The minimum absolute atomic E-state index is 0.0386. The molecule has 1 amide bonds. The number of Topliss-reactive ketones (excluding diaryl/α,β-unsaturated/α-hetero) is 1. The molecule has 116 valence electrons. The molecule has 0 aromatic carbocycles. The maximum Gasteiger partial charge on any atom is 0.319 e. The lowest BCUT2D eigenvalue weighted by atomic mass is 10.0. The SMILES string of the molecule is CCCN(CC(=O)NC(C(C)=O)C(C)C)CC(=O)OC. The van der Waals surface area contributed by atoms with Crippen LogP contribution in [-0.4, -0.2) is 55.3 Å². The first-order chi connectivity index (χ1) is 9.31. The molecule has 6 heteroatoms. The number of ketones is 1. The lowest BCUT2D eigenvalue weighted by molar-refractivity contribution is -0.142. The highest BCUT2D eigenvalue weighted by Crippen LogP contribution is 2.03. The number of nitrogens with one attached hydrogen (secondary N) is 1. The third-order valence-electron chi connectivity index (χ3n) is 2.91. The van der Waals surface area contributed by atoms with Crippen molar-refractivity contribution in [3.8, 4) is 0 Å². The van der Waals surface area contributed by atoms with Crippen LogP contribution in [0.25, 0.3) is 0 Å². The molecule has 1 unspecified atom stereocenters. The van der Waals surface area contributed by atoms with Crippen molar-refractivity contribution in [1.29, 1.82) is 0 Å². The second kappa shape index (κ2) is 9.47.